The highest BCUT2D eigenvalue weighted by molar-refractivity contribution is 4.93. The van der Waals surface area contributed by atoms with Crippen molar-refractivity contribution in [3.63, 3.8) is 0 Å². The van der Waals surface area contributed by atoms with E-state index < -0.39 is 30.9 Å². The van der Waals surface area contributed by atoms with Gasteiger partial charge < -0.3 is 5.11 Å². The largest absolute Gasteiger partial charge is 0.522 e. The van der Waals surface area contributed by atoms with Gasteiger partial charge in [0, 0.05) is 6.42 Å². The van der Waals surface area contributed by atoms with Gasteiger partial charge in [0.1, 0.15) is 5.60 Å². The molecule has 0 saturated heterocycles. The fourth-order valence-corrected chi connectivity index (χ4v) is 2.43. The van der Waals surface area contributed by atoms with Crippen LogP contribution in [-0.4, -0.2) is 29.6 Å². The summed E-state index contributed by atoms with van der Waals surface area (Å²) in [5, 5.41) is 10.4. The molecule has 0 aromatic heterocycles. The van der Waals surface area contributed by atoms with E-state index in [0.29, 0.717) is 38.5 Å². The van der Waals surface area contributed by atoms with Gasteiger partial charge in [0.15, 0.2) is 0 Å². The molecule has 0 saturated carbocycles. The summed E-state index contributed by atoms with van der Waals surface area (Å²) < 4.78 is 67.9. The Morgan fingerprint density at radius 2 is 1.25 bits per heavy atom. The standard InChI is InChI=1S/C17H27F5O2/c1-3-5-7-9-11-15(23,12-10-8-6-4-2)16(18,19)13-14-24-17(20,21)22/h3-4,23H,1-2,5-14H2. The zero-order valence-corrected chi connectivity index (χ0v) is 13.9. The third kappa shape index (κ3) is 9.37. The number of rotatable bonds is 14. The van der Waals surface area contributed by atoms with Crippen LogP contribution in [0.4, 0.5) is 22.0 Å². The summed E-state index contributed by atoms with van der Waals surface area (Å²) in [5.41, 5.74) is -2.33. The quantitative estimate of drug-likeness (QED) is 0.243. The van der Waals surface area contributed by atoms with Crippen molar-refractivity contribution in [1.29, 1.82) is 0 Å². The zero-order valence-electron chi connectivity index (χ0n) is 13.9. The second-order valence-electron chi connectivity index (χ2n) is 5.85. The van der Waals surface area contributed by atoms with E-state index in [0.717, 1.165) is 0 Å². The molecule has 0 radical (unpaired) electrons. The summed E-state index contributed by atoms with van der Waals surface area (Å²) in [6.45, 7) is 5.89. The van der Waals surface area contributed by atoms with Gasteiger partial charge in [-0.15, -0.1) is 26.3 Å². The first kappa shape index (κ1) is 23.1. The molecule has 24 heavy (non-hydrogen) atoms. The predicted molar refractivity (Wildman–Crippen MR) is 83.9 cm³/mol. The van der Waals surface area contributed by atoms with E-state index in [1.165, 1.54) is 0 Å². The molecule has 0 atom stereocenters. The van der Waals surface area contributed by atoms with Gasteiger partial charge in [-0.05, 0) is 38.5 Å². The Balaban J connectivity index is 4.76. The van der Waals surface area contributed by atoms with Crippen molar-refractivity contribution in [3.8, 4) is 0 Å². The summed E-state index contributed by atoms with van der Waals surface area (Å²) >= 11 is 0. The molecule has 0 aliphatic heterocycles. The summed E-state index contributed by atoms with van der Waals surface area (Å²) in [7, 11) is 0. The first-order valence-electron chi connectivity index (χ1n) is 8.10. The number of alkyl halides is 5. The first-order chi connectivity index (χ1) is 11.1. The van der Waals surface area contributed by atoms with Crippen molar-refractivity contribution < 1.29 is 31.8 Å². The van der Waals surface area contributed by atoms with Crippen LogP contribution in [0.1, 0.15) is 57.8 Å². The van der Waals surface area contributed by atoms with E-state index >= 15 is 0 Å². The molecule has 0 aliphatic rings. The minimum absolute atomic E-state index is 0.173. The molecule has 0 aromatic rings. The van der Waals surface area contributed by atoms with Crippen LogP contribution in [0.5, 0.6) is 0 Å². The van der Waals surface area contributed by atoms with Gasteiger partial charge in [0.2, 0.25) is 0 Å². The molecule has 0 bridgehead atoms. The Hall–Kier alpha value is -0.950. The molecule has 1 N–H and O–H groups in total. The van der Waals surface area contributed by atoms with E-state index in [4.69, 9.17) is 0 Å². The average molecular weight is 358 g/mol. The molecule has 0 amide bonds. The van der Waals surface area contributed by atoms with Gasteiger partial charge in [-0.1, -0.05) is 25.0 Å². The normalized spacial score (nSPS) is 13.1. The van der Waals surface area contributed by atoms with E-state index in [9.17, 15) is 27.1 Å². The Labute approximate surface area is 140 Å². The van der Waals surface area contributed by atoms with E-state index in [1.807, 2.05) is 0 Å². The minimum atomic E-state index is -4.96. The topological polar surface area (TPSA) is 29.5 Å². The van der Waals surface area contributed by atoms with Gasteiger partial charge >= 0.3 is 6.36 Å². The summed E-state index contributed by atoms with van der Waals surface area (Å²) in [6, 6.07) is 0. The van der Waals surface area contributed by atoms with E-state index in [2.05, 4.69) is 17.9 Å². The number of hydrogen-bond donors (Lipinski definition) is 1. The fraction of sp³-hybridized carbons (Fsp3) is 0.765. The molecule has 0 aromatic carbocycles. The predicted octanol–water partition coefficient (Wildman–Crippen LogP) is 5.77. The van der Waals surface area contributed by atoms with Crippen molar-refractivity contribution in [2.45, 2.75) is 75.7 Å². The minimum Gasteiger partial charge on any atom is -0.384 e. The summed E-state index contributed by atoms with van der Waals surface area (Å²) in [5.74, 6) is -3.65. The molecule has 0 unspecified atom stereocenters. The first-order valence-corrected chi connectivity index (χ1v) is 8.10. The van der Waals surface area contributed by atoms with Crippen molar-refractivity contribution in [3.05, 3.63) is 25.3 Å². The van der Waals surface area contributed by atoms with Gasteiger partial charge in [-0.3, -0.25) is 4.74 Å². The van der Waals surface area contributed by atoms with Crippen LogP contribution < -0.4 is 0 Å². The number of hydrogen-bond acceptors (Lipinski definition) is 2. The maximum atomic E-state index is 14.3. The molecule has 7 heteroatoms. The van der Waals surface area contributed by atoms with Crippen molar-refractivity contribution in [1.82, 2.24) is 0 Å². The van der Waals surface area contributed by atoms with Crippen LogP contribution in [0.3, 0.4) is 0 Å². The third-order valence-electron chi connectivity index (χ3n) is 3.86. The maximum absolute atomic E-state index is 14.3. The Kier molecular flexibility index (Phi) is 10.4. The molecule has 0 aliphatic carbocycles. The highest BCUT2D eigenvalue weighted by Crippen LogP contribution is 2.40. The number of ether oxygens (including phenoxy) is 1. The van der Waals surface area contributed by atoms with Gasteiger partial charge in [0.25, 0.3) is 5.92 Å². The Morgan fingerprint density at radius 3 is 1.62 bits per heavy atom. The molecule has 0 rings (SSSR count). The van der Waals surface area contributed by atoms with Crippen LogP contribution >= 0.6 is 0 Å². The van der Waals surface area contributed by atoms with Crippen LogP contribution in [0.15, 0.2) is 25.3 Å². The number of unbranched alkanes of at least 4 members (excludes halogenated alkanes) is 4. The van der Waals surface area contributed by atoms with Crippen molar-refractivity contribution >= 4 is 0 Å². The van der Waals surface area contributed by atoms with Crippen LogP contribution in [0.2, 0.25) is 0 Å². The van der Waals surface area contributed by atoms with Crippen molar-refractivity contribution in [2.75, 3.05) is 6.61 Å². The van der Waals surface area contributed by atoms with E-state index in [1.54, 1.807) is 12.2 Å². The van der Waals surface area contributed by atoms with Crippen molar-refractivity contribution in [2.24, 2.45) is 0 Å². The molecule has 2 nitrogen and oxygen atoms in total. The lowest BCUT2D eigenvalue weighted by atomic mass is 9.83. The molecule has 0 spiro atoms. The lowest BCUT2D eigenvalue weighted by Gasteiger charge is -2.36. The molecule has 0 heterocycles. The number of allylic oxidation sites excluding steroid dienone is 2. The lowest BCUT2D eigenvalue weighted by Crippen LogP contribution is -2.49. The summed E-state index contributed by atoms with van der Waals surface area (Å²) in [4.78, 5) is 0. The molecule has 0 fully saturated rings. The Morgan fingerprint density at radius 1 is 0.792 bits per heavy atom. The van der Waals surface area contributed by atoms with Gasteiger partial charge in [0.05, 0.1) is 6.61 Å². The molecular formula is C17H27F5O2. The fourth-order valence-electron chi connectivity index (χ4n) is 2.43. The van der Waals surface area contributed by atoms with Crippen LogP contribution in [0, 0.1) is 0 Å². The zero-order chi connectivity index (χ0) is 18.7. The lowest BCUT2D eigenvalue weighted by molar-refractivity contribution is -0.330. The molecule has 142 valence electrons. The smallest absolute Gasteiger partial charge is 0.384 e. The average Bonchev–Trinajstić information content (AvgIpc) is 2.46. The van der Waals surface area contributed by atoms with Gasteiger partial charge in [-0.2, -0.15) is 0 Å². The highest BCUT2D eigenvalue weighted by atomic mass is 19.4. The second-order valence-corrected chi connectivity index (χ2v) is 5.85. The number of aliphatic hydroxyl groups is 1. The maximum Gasteiger partial charge on any atom is 0.522 e. The third-order valence-corrected chi connectivity index (χ3v) is 3.86. The highest BCUT2D eigenvalue weighted by Gasteiger charge is 2.51. The Bertz CT molecular complexity index is 350. The second kappa shape index (κ2) is 10.8. The van der Waals surface area contributed by atoms with Crippen LogP contribution in [0.25, 0.3) is 0 Å². The summed E-state index contributed by atoms with van der Waals surface area (Å²) in [6.07, 6.45) is -0.0297. The molecular weight excluding hydrogens is 331 g/mol. The SMILES string of the molecule is C=CCCCCC(O)(CCCCC=C)C(F)(F)CCOC(F)(F)F. The van der Waals surface area contributed by atoms with Gasteiger partial charge in [-0.25, -0.2) is 8.78 Å². The monoisotopic (exact) mass is 358 g/mol. The number of halogens is 5. The van der Waals surface area contributed by atoms with E-state index in [-0.39, 0.29) is 12.8 Å². The van der Waals surface area contributed by atoms with Crippen LogP contribution in [-0.2, 0) is 4.74 Å².